The predicted octanol–water partition coefficient (Wildman–Crippen LogP) is 12.9. The molecule has 0 radical (unpaired) electrons. The number of amidine groups is 1. The summed E-state index contributed by atoms with van der Waals surface area (Å²) in [6.07, 6.45) is 6.10. The van der Waals surface area contributed by atoms with Crippen molar-refractivity contribution in [2.45, 2.75) is 99.6 Å². The van der Waals surface area contributed by atoms with E-state index in [-0.39, 0.29) is 25.2 Å². The third-order valence-corrected chi connectivity index (χ3v) is 16.2. The molecule has 2 unspecified atom stereocenters. The van der Waals surface area contributed by atoms with Gasteiger partial charge in [-0.15, -0.1) is 10.6 Å². The molecule has 18 heteroatoms. The molecule has 10 rings (SSSR count). The Kier molecular flexibility index (Phi) is 22.6. The summed E-state index contributed by atoms with van der Waals surface area (Å²) in [4.78, 5) is 25.3. The zero-order valence-electron chi connectivity index (χ0n) is 50.9. The third-order valence-electron chi connectivity index (χ3n) is 14.6. The first-order chi connectivity index (χ1) is 41.3. The molecule has 0 fully saturated rings. The average molecular weight is 1200 g/mol. The molecule has 0 spiro atoms. The van der Waals surface area contributed by atoms with Crippen LogP contribution in [0.1, 0.15) is 112 Å². The molecule has 0 saturated heterocycles. The van der Waals surface area contributed by atoms with Crippen molar-refractivity contribution in [2.24, 2.45) is 5.10 Å². The minimum atomic E-state index is -4.06. The van der Waals surface area contributed by atoms with Crippen molar-refractivity contribution in [1.82, 2.24) is 21.3 Å². The fourth-order valence-electron chi connectivity index (χ4n) is 10.7. The largest absolute Gasteiger partial charge is 0.496 e. The number of ether oxygens (including phenoxy) is 7. The van der Waals surface area contributed by atoms with Gasteiger partial charge in [0.05, 0.1) is 52.0 Å². The number of amides is 1. The Labute approximate surface area is 513 Å². The van der Waals surface area contributed by atoms with E-state index < -0.39 is 33.3 Å². The number of hydrazone groups is 1. The van der Waals surface area contributed by atoms with Crippen LogP contribution in [-0.4, -0.2) is 83.7 Å². The highest BCUT2D eigenvalue weighted by atomic mass is 32.2. The molecule has 3 aliphatic heterocycles. The van der Waals surface area contributed by atoms with Crippen LogP contribution in [0.25, 0.3) is 6.08 Å². The van der Waals surface area contributed by atoms with Crippen LogP contribution >= 0.6 is 0 Å². The number of fused-ring (bicyclic) bond motifs is 2. The molecule has 17 nitrogen and oxygen atoms in total. The van der Waals surface area contributed by atoms with E-state index >= 15 is 0 Å². The van der Waals surface area contributed by atoms with Crippen molar-refractivity contribution < 1.29 is 51.2 Å². The molecule has 1 amide bonds. The SMILES string of the molecule is C.COc1c(C)cc(C=O)cc1C.COc1cc2c(cc1OCc1ccccc1)CCN(C(=O)OC(C)(C)C)C2CS(=O)(=O)C1=NNNN1c1ccccc1.COc1cc2c(cc1OCc1ccccc1)CCNC2/C=C/c1cc(C)c(OC)c(C)c1. The number of aryl methyl sites for hydroxylation is 4. The standard InChI is InChI=1S/C30H35N5O6S.C28H31NO3.C10H12O2.CH4/c1-30(2,3)41-29(36)34-16-15-22-17-27(40-19-21-11-7-5-8-12-21)26(39-4)18-24(22)25(34)20-42(37,38)28-31-32-33-35(28)23-13-9-6-10-14-23;1-19-14-22(15-20(2)28(19)31-4)10-11-25-24-17-26(30-3)27(16-23(24)12-13-29-25)32-18-21-8-6-5-7-9-21;1-7-4-9(6-11)5-8(2)10(7)12-3;/h5-14,17-18,25,32-33H,15-16,19-20H2,1-4H3;5-11,14-17,25,29H,12-13,18H2,1-4H3;4-6H,1-3H3;1H4/b;11-10+;;. The van der Waals surface area contributed by atoms with Gasteiger partial charge in [0.15, 0.2) is 23.0 Å². The topological polar surface area (TPSA) is 188 Å². The van der Waals surface area contributed by atoms with Crippen LogP contribution in [0.4, 0.5) is 10.5 Å². The highest BCUT2D eigenvalue weighted by Gasteiger charge is 2.41. The highest BCUT2D eigenvalue weighted by Crippen LogP contribution is 2.41. The number of nitrogens with one attached hydrogen (secondary N) is 3. The Bertz CT molecular complexity index is 3600. The molecule has 7 aromatic rings. The van der Waals surface area contributed by atoms with Gasteiger partial charge >= 0.3 is 6.09 Å². The molecule has 3 heterocycles. The summed E-state index contributed by atoms with van der Waals surface area (Å²) in [6, 6.07) is 44.0. The van der Waals surface area contributed by atoms with Gasteiger partial charge in [0.25, 0.3) is 5.17 Å². The Morgan fingerprint density at radius 1 is 0.644 bits per heavy atom. The third kappa shape index (κ3) is 16.8. The van der Waals surface area contributed by atoms with E-state index in [2.05, 4.69) is 83.9 Å². The number of rotatable bonds is 16. The second kappa shape index (κ2) is 30.0. The van der Waals surface area contributed by atoms with Crippen LogP contribution in [-0.2, 0) is 40.6 Å². The molecule has 0 aromatic heterocycles. The first kappa shape index (κ1) is 65.7. The van der Waals surface area contributed by atoms with E-state index in [0.717, 1.165) is 81.2 Å². The number of benzene rings is 7. The zero-order chi connectivity index (χ0) is 61.5. The minimum Gasteiger partial charge on any atom is -0.496 e. The molecule has 7 aromatic carbocycles. The fourth-order valence-corrected chi connectivity index (χ4v) is 12.2. The lowest BCUT2D eigenvalue weighted by Crippen LogP contribution is -2.48. The Morgan fingerprint density at radius 2 is 1.14 bits per heavy atom. The summed E-state index contributed by atoms with van der Waals surface area (Å²) >= 11 is 0. The highest BCUT2D eigenvalue weighted by molar-refractivity contribution is 8.06. The lowest BCUT2D eigenvalue weighted by Gasteiger charge is -2.38. The fraction of sp³-hybridized carbons (Fsp3) is 0.319. The van der Waals surface area contributed by atoms with Gasteiger partial charge in [-0.3, -0.25) is 9.69 Å². The van der Waals surface area contributed by atoms with E-state index in [1.54, 1.807) is 72.4 Å². The van der Waals surface area contributed by atoms with Gasteiger partial charge in [0.1, 0.15) is 36.6 Å². The number of hydrogen-bond donors (Lipinski definition) is 3. The van der Waals surface area contributed by atoms with Gasteiger partial charge < -0.3 is 38.5 Å². The summed E-state index contributed by atoms with van der Waals surface area (Å²) in [6.45, 7) is 15.4. The van der Waals surface area contributed by atoms with Gasteiger partial charge in [0.2, 0.25) is 9.84 Å². The summed E-state index contributed by atoms with van der Waals surface area (Å²) in [5.41, 5.74) is 17.5. The summed E-state index contributed by atoms with van der Waals surface area (Å²) in [7, 11) is 2.52. The van der Waals surface area contributed by atoms with Gasteiger partial charge in [-0.05, 0) is 183 Å². The zero-order valence-corrected chi connectivity index (χ0v) is 51.7. The number of methoxy groups -OCH3 is 4. The van der Waals surface area contributed by atoms with Gasteiger partial charge in [-0.1, -0.05) is 98.4 Å². The number of carbonyl (C=O) groups excluding carboxylic acids is 2. The van der Waals surface area contributed by atoms with E-state index in [1.165, 1.54) is 33.7 Å². The first-order valence-electron chi connectivity index (χ1n) is 28.4. The maximum atomic E-state index is 13.9. The molecule has 2 atom stereocenters. The van der Waals surface area contributed by atoms with Gasteiger partial charge in [-0.25, -0.2) is 23.8 Å². The van der Waals surface area contributed by atoms with E-state index in [4.69, 9.17) is 33.2 Å². The number of nitrogens with zero attached hydrogens (tertiary/aromatic N) is 3. The maximum absolute atomic E-state index is 13.9. The molecule has 3 N–H and O–H groups in total. The molecule has 0 saturated carbocycles. The van der Waals surface area contributed by atoms with Crippen molar-refractivity contribution in [2.75, 3.05) is 52.3 Å². The van der Waals surface area contributed by atoms with E-state index in [1.807, 2.05) is 86.6 Å². The summed E-state index contributed by atoms with van der Waals surface area (Å²) < 4.78 is 67.8. The van der Waals surface area contributed by atoms with Crippen LogP contribution in [0.15, 0.2) is 151 Å². The van der Waals surface area contributed by atoms with E-state index in [0.29, 0.717) is 47.9 Å². The van der Waals surface area contributed by atoms with Crippen LogP contribution in [0, 0.1) is 27.7 Å². The van der Waals surface area contributed by atoms with Crippen LogP contribution in [0.3, 0.4) is 0 Å². The van der Waals surface area contributed by atoms with Crippen molar-refractivity contribution >= 4 is 39.1 Å². The number of hydrogen-bond acceptors (Lipinski definition) is 16. The quantitative estimate of drug-likeness (QED) is 0.0775. The minimum absolute atomic E-state index is 0. The van der Waals surface area contributed by atoms with Crippen molar-refractivity contribution in [1.29, 1.82) is 0 Å². The molecule has 0 aliphatic carbocycles. The predicted molar refractivity (Wildman–Crippen MR) is 344 cm³/mol. The number of hydrazine groups is 2. The molecule has 460 valence electrons. The molecule has 0 bridgehead atoms. The molecule has 87 heavy (non-hydrogen) atoms. The molecular weight excluding hydrogens is 1120 g/mol. The number of carbonyl (C=O) groups is 2. The Morgan fingerprint density at radius 3 is 1.63 bits per heavy atom. The lowest BCUT2D eigenvalue weighted by atomic mass is 9.92. The lowest BCUT2D eigenvalue weighted by molar-refractivity contribution is 0.0162. The molecule has 3 aliphatic rings. The molecular formula is C69H82N6O11S. The Balaban J connectivity index is 0.000000211. The normalized spacial score (nSPS) is 15.1. The monoisotopic (exact) mass is 1200 g/mol. The second-order valence-corrected chi connectivity index (χ2v) is 23.9. The Hall–Kier alpha value is -8.84. The number of aldehydes is 1. The van der Waals surface area contributed by atoms with Gasteiger partial charge in [-0.2, -0.15) is 0 Å². The van der Waals surface area contributed by atoms with Crippen LogP contribution < -0.4 is 49.8 Å². The first-order valence-corrected chi connectivity index (χ1v) is 30.1. The number of para-hydroxylation sites is 1. The van der Waals surface area contributed by atoms with E-state index in [9.17, 15) is 18.0 Å². The van der Waals surface area contributed by atoms with Crippen molar-refractivity contribution in [3.63, 3.8) is 0 Å². The van der Waals surface area contributed by atoms with Crippen LogP contribution in [0.2, 0.25) is 0 Å². The van der Waals surface area contributed by atoms with Crippen molar-refractivity contribution in [3.8, 4) is 34.5 Å². The average Bonchev–Trinajstić information content (AvgIpc) is 2.91. The summed E-state index contributed by atoms with van der Waals surface area (Å²) in [5, 5.41) is 8.80. The number of anilines is 1. The number of sulfone groups is 1. The van der Waals surface area contributed by atoms with Gasteiger partial charge in [0, 0.05) is 18.7 Å². The second-order valence-electron chi connectivity index (χ2n) is 22.0. The smallest absolute Gasteiger partial charge is 0.410 e. The maximum Gasteiger partial charge on any atom is 0.410 e. The van der Waals surface area contributed by atoms with Crippen LogP contribution in [0.5, 0.6) is 34.5 Å². The summed E-state index contributed by atoms with van der Waals surface area (Å²) in [5.74, 6) is 3.91. The van der Waals surface area contributed by atoms with Crippen molar-refractivity contribution in [3.05, 3.63) is 212 Å².